The Kier molecular flexibility index (Phi) is 2.64. The molecule has 0 atom stereocenters. The molecule has 0 saturated heterocycles. The zero-order chi connectivity index (χ0) is 11.1. The third-order valence-corrected chi connectivity index (χ3v) is 2.92. The van der Waals surface area contributed by atoms with Crippen molar-refractivity contribution < 1.29 is 14.6 Å². The van der Waals surface area contributed by atoms with Gasteiger partial charge in [0.05, 0.1) is 10.1 Å². The Labute approximate surface area is 97.1 Å². The second-order valence-electron chi connectivity index (χ2n) is 4.01. The fourth-order valence-electron chi connectivity index (χ4n) is 1.59. The maximum Gasteiger partial charge on any atom is 0.175 e. The van der Waals surface area contributed by atoms with E-state index in [-0.39, 0.29) is 0 Å². The monoisotopic (exact) mass is 272 g/mol. The lowest BCUT2D eigenvalue weighted by Gasteiger charge is -2.27. The molecule has 0 aromatic heterocycles. The van der Waals surface area contributed by atoms with Crippen molar-refractivity contribution in [2.45, 2.75) is 19.4 Å². The van der Waals surface area contributed by atoms with Crippen molar-refractivity contribution in [1.82, 2.24) is 0 Å². The van der Waals surface area contributed by atoms with Gasteiger partial charge < -0.3 is 14.6 Å². The van der Waals surface area contributed by atoms with Gasteiger partial charge in [0.15, 0.2) is 11.5 Å². The van der Waals surface area contributed by atoms with Crippen LogP contribution in [0.5, 0.6) is 11.5 Å². The lowest BCUT2D eigenvalue weighted by molar-refractivity contribution is 0.0701. The highest BCUT2D eigenvalue weighted by Gasteiger charge is 2.27. The van der Waals surface area contributed by atoms with Gasteiger partial charge in [-0.1, -0.05) is 6.07 Å². The Morgan fingerprint density at radius 1 is 1.20 bits per heavy atom. The Hall–Kier alpha value is -0.740. The van der Waals surface area contributed by atoms with Gasteiger partial charge >= 0.3 is 0 Å². The summed E-state index contributed by atoms with van der Waals surface area (Å²) in [4.78, 5) is 0. The molecule has 2 rings (SSSR count). The van der Waals surface area contributed by atoms with Crippen LogP contribution in [0, 0.1) is 0 Å². The van der Waals surface area contributed by atoms with E-state index in [1.54, 1.807) is 13.8 Å². The molecule has 1 heterocycles. The van der Waals surface area contributed by atoms with Crippen LogP contribution in [0.3, 0.4) is 0 Å². The largest absolute Gasteiger partial charge is 0.486 e. The summed E-state index contributed by atoms with van der Waals surface area (Å²) >= 11 is 3.40. The molecule has 0 bridgehead atoms. The van der Waals surface area contributed by atoms with E-state index in [0.29, 0.717) is 24.7 Å². The summed E-state index contributed by atoms with van der Waals surface area (Å²) in [5.41, 5.74) is -0.175. The van der Waals surface area contributed by atoms with E-state index in [0.717, 1.165) is 10.0 Å². The van der Waals surface area contributed by atoms with Gasteiger partial charge in [-0.25, -0.2) is 0 Å². The lowest BCUT2D eigenvalue weighted by atomic mass is 9.97. The predicted octanol–water partition coefficient (Wildman–Crippen LogP) is 2.45. The summed E-state index contributed by atoms with van der Waals surface area (Å²) in [5, 5.41) is 9.99. The van der Waals surface area contributed by atoms with Crippen LogP contribution in [0.1, 0.15) is 19.4 Å². The van der Waals surface area contributed by atoms with Crippen molar-refractivity contribution in [3.05, 3.63) is 22.2 Å². The average molecular weight is 273 g/mol. The highest BCUT2D eigenvalue weighted by molar-refractivity contribution is 9.10. The second-order valence-corrected chi connectivity index (χ2v) is 4.86. The van der Waals surface area contributed by atoms with Crippen molar-refractivity contribution in [2.75, 3.05) is 13.2 Å². The first-order valence-corrected chi connectivity index (χ1v) is 5.60. The number of aliphatic hydroxyl groups is 1. The summed E-state index contributed by atoms with van der Waals surface area (Å²) in [6.07, 6.45) is 0. The molecule has 1 N–H and O–H groups in total. The standard InChI is InChI=1S/C11H13BrO3/c1-11(2,13)7-3-4-8(12)10-9(7)14-5-6-15-10/h3-4,13H,5-6H2,1-2H3. The smallest absolute Gasteiger partial charge is 0.175 e. The van der Waals surface area contributed by atoms with Gasteiger partial charge in [-0.15, -0.1) is 0 Å². The molecule has 82 valence electrons. The molecule has 0 saturated carbocycles. The van der Waals surface area contributed by atoms with E-state index in [1.165, 1.54) is 0 Å². The lowest BCUT2D eigenvalue weighted by Crippen LogP contribution is -2.22. The molecule has 0 amide bonds. The van der Waals surface area contributed by atoms with Crippen LogP contribution in [-0.2, 0) is 5.60 Å². The first-order chi connectivity index (χ1) is 7.00. The van der Waals surface area contributed by atoms with Gasteiger partial charge in [-0.2, -0.15) is 0 Å². The number of hydrogen-bond donors (Lipinski definition) is 1. The molecule has 15 heavy (non-hydrogen) atoms. The van der Waals surface area contributed by atoms with Gasteiger partial charge in [-0.05, 0) is 35.8 Å². The van der Waals surface area contributed by atoms with Gasteiger partial charge in [0.1, 0.15) is 13.2 Å². The predicted molar refractivity (Wildman–Crippen MR) is 60.4 cm³/mol. The minimum absolute atomic E-state index is 0.520. The van der Waals surface area contributed by atoms with E-state index in [9.17, 15) is 5.11 Å². The SMILES string of the molecule is CC(C)(O)c1ccc(Br)c2c1OCCO2. The van der Waals surface area contributed by atoms with Crippen LogP contribution in [0.2, 0.25) is 0 Å². The molecular weight excluding hydrogens is 260 g/mol. The molecular formula is C11H13BrO3. The topological polar surface area (TPSA) is 38.7 Å². The molecule has 1 aliphatic rings. The normalized spacial score (nSPS) is 15.2. The summed E-state index contributed by atoms with van der Waals surface area (Å²) in [6, 6.07) is 3.71. The number of fused-ring (bicyclic) bond motifs is 1. The van der Waals surface area contributed by atoms with Crippen LogP contribution in [-0.4, -0.2) is 18.3 Å². The molecule has 1 aliphatic heterocycles. The van der Waals surface area contributed by atoms with Crippen molar-refractivity contribution in [2.24, 2.45) is 0 Å². The summed E-state index contributed by atoms with van der Waals surface area (Å²) in [5.74, 6) is 1.32. The number of ether oxygens (including phenoxy) is 2. The van der Waals surface area contributed by atoms with E-state index in [2.05, 4.69) is 15.9 Å². The van der Waals surface area contributed by atoms with E-state index in [4.69, 9.17) is 9.47 Å². The summed E-state index contributed by atoms with van der Waals surface area (Å²) < 4.78 is 11.9. The van der Waals surface area contributed by atoms with E-state index >= 15 is 0 Å². The Bertz CT molecular complexity index is 382. The van der Waals surface area contributed by atoms with Crippen molar-refractivity contribution >= 4 is 15.9 Å². The van der Waals surface area contributed by atoms with Crippen molar-refractivity contribution in [3.63, 3.8) is 0 Å². The molecule has 0 aliphatic carbocycles. The first-order valence-electron chi connectivity index (χ1n) is 4.81. The molecule has 0 unspecified atom stereocenters. The molecule has 0 radical (unpaired) electrons. The van der Waals surface area contributed by atoms with Crippen LogP contribution in [0.25, 0.3) is 0 Å². The average Bonchev–Trinajstić information content (AvgIpc) is 2.17. The second kappa shape index (κ2) is 3.68. The minimum Gasteiger partial charge on any atom is -0.486 e. The maximum absolute atomic E-state index is 9.99. The quantitative estimate of drug-likeness (QED) is 0.854. The van der Waals surface area contributed by atoms with Gasteiger partial charge in [0.25, 0.3) is 0 Å². The molecule has 0 spiro atoms. The Morgan fingerprint density at radius 3 is 2.40 bits per heavy atom. The molecule has 3 nitrogen and oxygen atoms in total. The van der Waals surface area contributed by atoms with E-state index in [1.807, 2.05) is 12.1 Å². The van der Waals surface area contributed by atoms with Gasteiger partial charge in [0, 0.05) is 5.56 Å². The van der Waals surface area contributed by atoms with Crippen LogP contribution >= 0.6 is 15.9 Å². The Balaban J connectivity index is 2.58. The van der Waals surface area contributed by atoms with Crippen molar-refractivity contribution in [1.29, 1.82) is 0 Å². The third kappa shape index (κ3) is 1.96. The number of hydrogen-bond acceptors (Lipinski definition) is 3. The van der Waals surface area contributed by atoms with Crippen LogP contribution in [0.15, 0.2) is 16.6 Å². The first kappa shape index (κ1) is 10.8. The van der Waals surface area contributed by atoms with Crippen molar-refractivity contribution in [3.8, 4) is 11.5 Å². The van der Waals surface area contributed by atoms with Gasteiger partial charge in [-0.3, -0.25) is 0 Å². The number of rotatable bonds is 1. The zero-order valence-electron chi connectivity index (χ0n) is 8.71. The third-order valence-electron chi connectivity index (χ3n) is 2.30. The molecule has 0 fully saturated rings. The summed E-state index contributed by atoms with van der Waals surface area (Å²) in [6.45, 7) is 4.52. The molecule has 1 aromatic carbocycles. The number of benzene rings is 1. The highest BCUT2D eigenvalue weighted by Crippen LogP contribution is 2.43. The molecule has 4 heteroatoms. The maximum atomic E-state index is 9.99. The number of halogens is 1. The van der Waals surface area contributed by atoms with Crippen LogP contribution in [0.4, 0.5) is 0 Å². The fourth-order valence-corrected chi connectivity index (χ4v) is 2.01. The minimum atomic E-state index is -0.925. The van der Waals surface area contributed by atoms with E-state index < -0.39 is 5.60 Å². The zero-order valence-corrected chi connectivity index (χ0v) is 10.3. The molecule has 1 aromatic rings. The van der Waals surface area contributed by atoms with Crippen LogP contribution < -0.4 is 9.47 Å². The van der Waals surface area contributed by atoms with Gasteiger partial charge in [0.2, 0.25) is 0 Å². The fraction of sp³-hybridized carbons (Fsp3) is 0.455. The Morgan fingerprint density at radius 2 is 1.80 bits per heavy atom. The highest BCUT2D eigenvalue weighted by atomic mass is 79.9. The summed E-state index contributed by atoms with van der Waals surface area (Å²) in [7, 11) is 0.